The SMILES string of the molecule is COC(=O)c1cccnc1Cn1c(=O)c2c(c(C#N)c(C)n2CC=C(C)C)n(C)c1=O. The maximum Gasteiger partial charge on any atom is 0.339 e. The van der Waals surface area contributed by atoms with Crippen LogP contribution in [0.1, 0.15) is 41.2 Å². The van der Waals surface area contributed by atoms with Crippen LogP contribution in [0.4, 0.5) is 0 Å². The van der Waals surface area contributed by atoms with Crippen molar-refractivity contribution in [2.45, 2.75) is 33.9 Å². The van der Waals surface area contributed by atoms with Crippen LogP contribution in [-0.4, -0.2) is 31.8 Å². The first kappa shape index (κ1) is 21.8. The van der Waals surface area contributed by atoms with Crippen molar-refractivity contribution in [2.24, 2.45) is 7.05 Å². The summed E-state index contributed by atoms with van der Waals surface area (Å²) in [7, 11) is 2.77. The van der Waals surface area contributed by atoms with E-state index in [9.17, 15) is 19.6 Å². The lowest BCUT2D eigenvalue weighted by molar-refractivity contribution is 0.0598. The van der Waals surface area contributed by atoms with Crippen molar-refractivity contribution < 1.29 is 9.53 Å². The van der Waals surface area contributed by atoms with E-state index in [0.29, 0.717) is 17.8 Å². The summed E-state index contributed by atoms with van der Waals surface area (Å²) in [5, 5.41) is 9.68. The number of esters is 1. The lowest BCUT2D eigenvalue weighted by atomic mass is 10.2. The van der Waals surface area contributed by atoms with Gasteiger partial charge >= 0.3 is 11.7 Å². The maximum absolute atomic E-state index is 13.5. The van der Waals surface area contributed by atoms with Crippen LogP contribution in [0.3, 0.4) is 0 Å². The quantitative estimate of drug-likeness (QED) is 0.459. The second kappa shape index (κ2) is 8.44. The first-order valence-electron chi connectivity index (χ1n) is 9.61. The number of carbonyl (C=O) groups excluding carboxylic acids is 1. The van der Waals surface area contributed by atoms with Gasteiger partial charge in [-0.15, -0.1) is 0 Å². The number of carbonyl (C=O) groups is 1. The number of hydrogen-bond acceptors (Lipinski definition) is 6. The molecule has 9 heteroatoms. The lowest BCUT2D eigenvalue weighted by Gasteiger charge is -2.12. The van der Waals surface area contributed by atoms with Crippen LogP contribution < -0.4 is 11.2 Å². The summed E-state index contributed by atoms with van der Waals surface area (Å²) in [6.45, 7) is 5.81. The summed E-state index contributed by atoms with van der Waals surface area (Å²) in [5.74, 6) is -0.608. The molecule has 3 rings (SSSR count). The highest BCUT2D eigenvalue weighted by molar-refractivity contribution is 5.90. The Balaban J connectivity index is 2.34. The fraction of sp³-hybridized carbons (Fsp3) is 0.318. The molecule has 0 atom stereocenters. The predicted molar refractivity (Wildman–Crippen MR) is 115 cm³/mol. The van der Waals surface area contributed by atoms with Gasteiger partial charge in [-0.2, -0.15) is 5.26 Å². The predicted octanol–water partition coefficient (Wildman–Crippen LogP) is 1.88. The number of pyridine rings is 1. The molecule has 3 aromatic heterocycles. The van der Waals surface area contributed by atoms with Crippen molar-refractivity contribution >= 4 is 17.0 Å². The molecule has 0 saturated carbocycles. The topological polar surface area (TPSA) is 112 Å². The zero-order chi connectivity index (χ0) is 22.9. The Kier molecular flexibility index (Phi) is 5.92. The zero-order valence-electron chi connectivity index (χ0n) is 18.1. The molecule has 0 spiro atoms. The van der Waals surface area contributed by atoms with Gasteiger partial charge in [0.1, 0.15) is 11.6 Å². The van der Waals surface area contributed by atoms with Crippen LogP contribution in [0.5, 0.6) is 0 Å². The molecule has 0 unspecified atom stereocenters. The molecule has 31 heavy (non-hydrogen) atoms. The van der Waals surface area contributed by atoms with Gasteiger partial charge in [0.2, 0.25) is 0 Å². The van der Waals surface area contributed by atoms with Crippen LogP contribution in [0.15, 0.2) is 39.6 Å². The Bertz CT molecular complexity index is 1380. The number of fused-ring (bicyclic) bond motifs is 1. The smallest absolute Gasteiger partial charge is 0.339 e. The molecule has 0 aliphatic heterocycles. The summed E-state index contributed by atoms with van der Waals surface area (Å²) in [4.78, 5) is 42.8. The Labute approximate surface area is 178 Å². The van der Waals surface area contributed by atoms with Crippen molar-refractivity contribution in [1.82, 2.24) is 18.7 Å². The Hall–Kier alpha value is -3.93. The van der Waals surface area contributed by atoms with Crippen molar-refractivity contribution in [3.8, 4) is 6.07 Å². The molecular weight excluding hydrogens is 398 g/mol. The zero-order valence-corrected chi connectivity index (χ0v) is 18.1. The number of aromatic nitrogens is 4. The normalized spacial score (nSPS) is 10.7. The maximum atomic E-state index is 13.5. The van der Waals surface area contributed by atoms with E-state index in [-0.39, 0.29) is 28.9 Å². The number of ether oxygens (including phenoxy) is 1. The average Bonchev–Trinajstić information content (AvgIpc) is 3.04. The van der Waals surface area contributed by atoms with E-state index in [1.54, 1.807) is 17.6 Å². The minimum atomic E-state index is -0.608. The largest absolute Gasteiger partial charge is 0.465 e. The molecule has 0 fully saturated rings. The van der Waals surface area contributed by atoms with Crippen LogP contribution in [0.25, 0.3) is 11.0 Å². The minimum Gasteiger partial charge on any atom is -0.465 e. The van der Waals surface area contributed by atoms with E-state index in [2.05, 4.69) is 11.1 Å². The fourth-order valence-electron chi connectivity index (χ4n) is 3.54. The molecule has 3 heterocycles. The van der Waals surface area contributed by atoms with Crippen LogP contribution >= 0.6 is 0 Å². The Morgan fingerprint density at radius 2 is 1.97 bits per heavy atom. The van der Waals surface area contributed by atoms with Gasteiger partial charge in [0.25, 0.3) is 5.56 Å². The molecule has 0 aromatic carbocycles. The Morgan fingerprint density at radius 3 is 2.58 bits per heavy atom. The Morgan fingerprint density at radius 1 is 1.26 bits per heavy atom. The minimum absolute atomic E-state index is 0.174. The molecular formula is C22H23N5O4. The third-order valence-corrected chi connectivity index (χ3v) is 5.20. The average molecular weight is 421 g/mol. The van der Waals surface area contributed by atoms with E-state index in [1.807, 2.05) is 19.9 Å². The van der Waals surface area contributed by atoms with Gasteiger partial charge in [-0.25, -0.2) is 9.59 Å². The summed E-state index contributed by atoms with van der Waals surface area (Å²) < 4.78 is 8.83. The molecule has 0 aliphatic rings. The molecule has 3 aromatic rings. The highest BCUT2D eigenvalue weighted by Gasteiger charge is 2.23. The highest BCUT2D eigenvalue weighted by atomic mass is 16.5. The third kappa shape index (κ3) is 3.68. The van der Waals surface area contributed by atoms with E-state index in [0.717, 1.165) is 10.1 Å². The van der Waals surface area contributed by atoms with Gasteiger partial charge in [0, 0.05) is 25.5 Å². The highest BCUT2D eigenvalue weighted by Crippen LogP contribution is 2.22. The van der Waals surface area contributed by atoms with Gasteiger partial charge in [0.15, 0.2) is 0 Å². The number of nitriles is 1. The summed E-state index contributed by atoms with van der Waals surface area (Å²) in [5.41, 5.74) is 1.76. The summed E-state index contributed by atoms with van der Waals surface area (Å²) >= 11 is 0. The monoisotopic (exact) mass is 421 g/mol. The van der Waals surface area contributed by atoms with Crippen LogP contribution in [0, 0.1) is 18.3 Å². The molecule has 0 saturated heterocycles. The van der Waals surface area contributed by atoms with Crippen molar-refractivity contribution in [2.75, 3.05) is 7.11 Å². The lowest BCUT2D eigenvalue weighted by Crippen LogP contribution is -2.40. The first-order chi connectivity index (χ1) is 14.7. The fourth-order valence-corrected chi connectivity index (χ4v) is 3.54. The molecule has 160 valence electrons. The number of methoxy groups -OCH3 is 1. The van der Waals surface area contributed by atoms with Crippen molar-refractivity contribution in [3.05, 3.63) is 73.3 Å². The first-order valence-corrected chi connectivity index (χ1v) is 9.61. The number of hydrogen-bond donors (Lipinski definition) is 0. The molecule has 0 radical (unpaired) electrons. The van der Waals surface area contributed by atoms with Crippen LogP contribution in [-0.2, 0) is 24.9 Å². The van der Waals surface area contributed by atoms with Gasteiger partial charge in [-0.3, -0.25) is 18.9 Å². The van der Waals surface area contributed by atoms with Gasteiger partial charge in [0.05, 0.1) is 36.0 Å². The number of aryl methyl sites for hydroxylation is 1. The van der Waals surface area contributed by atoms with E-state index in [1.165, 1.54) is 31.0 Å². The van der Waals surface area contributed by atoms with Gasteiger partial charge in [-0.05, 0) is 32.9 Å². The van der Waals surface area contributed by atoms with Gasteiger partial charge in [-0.1, -0.05) is 11.6 Å². The van der Waals surface area contributed by atoms with E-state index < -0.39 is 17.2 Å². The van der Waals surface area contributed by atoms with Crippen LogP contribution in [0.2, 0.25) is 0 Å². The standard InChI is InChI=1S/C22H23N5O4/c1-13(2)8-10-26-14(3)16(11-23)18-19(26)20(28)27(22(30)25(18)4)12-17-15(21(29)31-5)7-6-9-24-17/h6-9H,10,12H2,1-5H3. The number of allylic oxidation sites excluding steroid dienone is 2. The summed E-state index contributed by atoms with van der Waals surface area (Å²) in [6.07, 6.45) is 3.42. The van der Waals surface area contributed by atoms with Gasteiger partial charge < -0.3 is 9.30 Å². The van der Waals surface area contributed by atoms with E-state index >= 15 is 0 Å². The third-order valence-electron chi connectivity index (χ3n) is 5.20. The molecule has 0 N–H and O–H groups in total. The number of rotatable bonds is 5. The second-order valence-corrected chi connectivity index (χ2v) is 7.38. The summed E-state index contributed by atoms with van der Waals surface area (Å²) in [6, 6.07) is 5.22. The number of nitrogens with zero attached hydrogens (tertiary/aromatic N) is 5. The molecule has 9 nitrogen and oxygen atoms in total. The second-order valence-electron chi connectivity index (χ2n) is 7.38. The van der Waals surface area contributed by atoms with Crippen molar-refractivity contribution in [1.29, 1.82) is 5.26 Å². The molecule has 0 aliphatic carbocycles. The van der Waals surface area contributed by atoms with Crippen molar-refractivity contribution in [3.63, 3.8) is 0 Å². The molecule has 0 bridgehead atoms. The molecule has 0 amide bonds. The van der Waals surface area contributed by atoms with E-state index in [4.69, 9.17) is 4.74 Å².